The lowest BCUT2D eigenvalue weighted by Crippen LogP contribution is -2.43. The largest absolute Gasteiger partial charge is 0.482 e. The van der Waals surface area contributed by atoms with E-state index >= 15 is 0 Å². The third kappa shape index (κ3) is 5.36. The number of aromatic nitrogens is 1. The summed E-state index contributed by atoms with van der Waals surface area (Å²) in [5.41, 5.74) is -0.0627. The molecule has 0 aliphatic carbocycles. The van der Waals surface area contributed by atoms with Gasteiger partial charge in [0, 0.05) is 25.8 Å². The highest BCUT2D eigenvalue weighted by Gasteiger charge is 2.31. The Labute approximate surface area is 139 Å². The van der Waals surface area contributed by atoms with E-state index < -0.39 is 12.8 Å². The number of pyridine rings is 1. The highest BCUT2D eigenvalue weighted by atomic mass is 19.4. The summed E-state index contributed by atoms with van der Waals surface area (Å²) in [4.78, 5) is 20.3. The standard InChI is InChI=1S/C16H22F3N3O2/c1-21(2)9-12-5-4-8-22(10-12)15(23)14-13(6-3-7-20-14)24-11-16(17,18)19/h3,6-7,12H,4-5,8-11H2,1-2H3. The molecule has 1 fully saturated rings. The molecular weight excluding hydrogens is 323 g/mol. The van der Waals surface area contributed by atoms with Crippen LogP contribution in [0.3, 0.4) is 0 Å². The van der Waals surface area contributed by atoms with Crippen LogP contribution in [0.15, 0.2) is 18.3 Å². The Morgan fingerprint density at radius 1 is 1.46 bits per heavy atom. The van der Waals surface area contributed by atoms with Gasteiger partial charge in [0.15, 0.2) is 18.1 Å². The summed E-state index contributed by atoms with van der Waals surface area (Å²) in [6, 6.07) is 2.79. The third-order valence-electron chi connectivity index (χ3n) is 3.79. The summed E-state index contributed by atoms with van der Waals surface area (Å²) in [6.07, 6.45) is -1.18. The maximum absolute atomic E-state index is 12.7. The Bertz CT molecular complexity index is 564. The summed E-state index contributed by atoms with van der Waals surface area (Å²) in [5, 5.41) is 0. The Balaban J connectivity index is 2.08. The zero-order valence-electron chi connectivity index (χ0n) is 13.8. The van der Waals surface area contributed by atoms with Gasteiger partial charge in [-0.1, -0.05) is 0 Å². The molecule has 5 nitrogen and oxygen atoms in total. The molecule has 8 heteroatoms. The van der Waals surface area contributed by atoms with Crippen molar-refractivity contribution in [3.8, 4) is 5.75 Å². The van der Waals surface area contributed by atoms with Crippen molar-refractivity contribution in [2.45, 2.75) is 19.0 Å². The van der Waals surface area contributed by atoms with E-state index in [9.17, 15) is 18.0 Å². The number of rotatable bonds is 5. The molecule has 1 atom stereocenters. The fourth-order valence-corrected chi connectivity index (χ4v) is 2.89. The molecule has 2 heterocycles. The number of nitrogens with zero attached hydrogens (tertiary/aromatic N) is 3. The van der Waals surface area contributed by atoms with Crippen LogP contribution in [0.4, 0.5) is 13.2 Å². The van der Waals surface area contributed by atoms with E-state index in [1.807, 2.05) is 14.1 Å². The number of halogens is 3. The van der Waals surface area contributed by atoms with Gasteiger partial charge >= 0.3 is 6.18 Å². The number of likely N-dealkylation sites (tertiary alicyclic amines) is 1. The van der Waals surface area contributed by atoms with Crippen molar-refractivity contribution in [2.75, 3.05) is 40.3 Å². The first-order valence-corrected chi connectivity index (χ1v) is 7.85. The normalized spacial score (nSPS) is 18.8. The lowest BCUT2D eigenvalue weighted by atomic mass is 9.97. The molecule has 1 saturated heterocycles. The second kappa shape index (κ2) is 7.83. The maximum Gasteiger partial charge on any atom is 0.422 e. The Kier molecular flexibility index (Phi) is 6.04. The molecule has 2 rings (SSSR count). The number of carbonyl (C=O) groups is 1. The molecule has 0 radical (unpaired) electrons. The predicted molar refractivity (Wildman–Crippen MR) is 83.0 cm³/mol. The number of amides is 1. The van der Waals surface area contributed by atoms with Crippen molar-refractivity contribution in [2.24, 2.45) is 5.92 Å². The van der Waals surface area contributed by atoms with Crippen LogP contribution in [0.5, 0.6) is 5.75 Å². The molecule has 0 bridgehead atoms. The Morgan fingerprint density at radius 2 is 2.21 bits per heavy atom. The minimum Gasteiger partial charge on any atom is -0.482 e. The molecule has 24 heavy (non-hydrogen) atoms. The van der Waals surface area contributed by atoms with Crippen molar-refractivity contribution in [3.63, 3.8) is 0 Å². The van der Waals surface area contributed by atoms with Gasteiger partial charge in [0.05, 0.1) is 0 Å². The zero-order valence-corrected chi connectivity index (χ0v) is 13.8. The van der Waals surface area contributed by atoms with Crippen molar-refractivity contribution in [3.05, 3.63) is 24.0 Å². The van der Waals surface area contributed by atoms with Crippen LogP contribution in [0.25, 0.3) is 0 Å². The first-order chi connectivity index (χ1) is 11.3. The first kappa shape index (κ1) is 18.5. The lowest BCUT2D eigenvalue weighted by molar-refractivity contribution is -0.153. The molecule has 1 aromatic heterocycles. The topological polar surface area (TPSA) is 45.7 Å². The number of hydrogen-bond acceptors (Lipinski definition) is 4. The van der Waals surface area contributed by atoms with Gasteiger partial charge in [-0.3, -0.25) is 4.79 Å². The van der Waals surface area contributed by atoms with Gasteiger partial charge in [-0.25, -0.2) is 4.98 Å². The highest BCUT2D eigenvalue weighted by molar-refractivity contribution is 5.95. The van der Waals surface area contributed by atoms with Gasteiger partial charge in [-0.15, -0.1) is 0 Å². The summed E-state index contributed by atoms with van der Waals surface area (Å²) in [6.45, 7) is 0.579. The van der Waals surface area contributed by atoms with Crippen LogP contribution >= 0.6 is 0 Å². The van der Waals surface area contributed by atoms with E-state index in [4.69, 9.17) is 4.74 Å². The van der Waals surface area contributed by atoms with Crippen molar-refractivity contribution in [1.82, 2.24) is 14.8 Å². The molecule has 1 amide bonds. The molecule has 1 aromatic rings. The monoisotopic (exact) mass is 345 g/mol. The quantitative estimate of drug-likeness (QED) is 0.822. The smallest absolute Gasteiger partial charge is 0.422 e. The lowest BCUT2D eigenvalue weighted by Gasteiger charge is -2.34. The molecule has 0 N–H and O–H groups in total. The minimum absolute atomic E-state index is 0.0627. The minimum atomic E-state index is -4.46. The van der Waals surface area contributed by atoms with Gasteiger partial charge in [0.2, 0.25) is 0 Å². The molecule has 0 aromatic carbocycles. The van der Waals surface area contributed by atoms with E-state index in [2.05, 4.69) is 9.88 Å². The second-order valence-electron chi connectivity index (χ2n) is 6.28. The average Bonchev–Trinajstić information content (AvgIpc) is 2.51. The molecular formula is C16H22F3N3O2. The first-order valence-electron chi connectivity index (χ1n) is 7.85. The molecule has 1 aliphatic heterocycles. The van der Waals surface area contributed by atoms with Crippen molar-refractivity contribution >= 4 is 5.91 Å². The van der Waals surface area contributed by atoms with Gasteiger partial charge in [0.1, 0.15) is 0 Å². The van der Waals surface area contributed by atoms with E-state index in [1.54, 1.807) is 4.90 Å². The Hall–Kier alpha value is -1.83. The zero-order chi connectivity index (χ0) is 17.7. The van der Waals surface area contributed by atoms with Gasteiger partial charge < -0.3 is 14.5 Å². The van der Waals surface area contributed by atoms with E-state index in [0.29, 0.717) is 19.0 Å². The summed E-state index contributed by atoms with van der Waals surface area (Å²) in [7, 11) is 3.95. The summed E-state index contributed by atoms with van der Waals surface area (Å²) < 4.78 is 41.8. The SMILES string of the molecule is CN(C)CC1CCCN(C(=O)c2ncccc2OCC(F)(F)F)C1. The average molecular weight is 345 g/mol. The van der Waals surface area contributed by atoms with E-state index in [-0.39, 0.29) is 17.4 Å². The van der Waals surface area contributed by atoms with Crippen LogP contribution < -0.4 is 4.74 Å². The summed E-state index contributed by atoms with van der Waals surface area (Å²) in [5.74, 6) is -0.160. The molecule has 134 valence electrons. The van der Waals surface area contributed by atoms with Crippen molar-refractivity contribution < 1.29 is 22.7 Å². The number of piperidine rings is 1. The fourth-order valence-electron chi connectivity index (χ4n) is 2.89. The third-order valence-corrected chi connectivity index (χ3v) is 3.79. The summed E-state index contributed by atoms with van der Waals surface area (Å²) >= 11 is 0. The molecule has 0 saturated carbocycles. The van der Waals surface area contributed by atoms with Crippen LogP contribution in [-0.4, -0.2) is 67.2 Å². The number of carbonyl (C=O) groups excluding carboxylic acids is 1. The van der Waals surface area contributed by atoms with Crippen molar-refractivity contribution in [1.29, 1.82) is 0 Å². The molecule has 1 aliphatic rings. The van der Waals surface area contributed by atoms with Crippen LogP contribution in [0.1, 0.15) is 23.3 Å². The van der Waals surface area contributed by atoms with Gasteiger partial charge in [-0.2, -0.15) is 13.2 Å². The molecule has 1 unspecified atom stereocenters. The second-order valence-corrected chi connectivity index (χ2v) is 6.28. The fraction of sp³-hybridized carbons (Fsp3) is 0.625. The van der Waals surface area contributed by atoms with Gasteiger partial charge in [-0.05, 0) is 45.0 Å². The van der Waals surface area contributed by atoms with Gasteiger partial charge in [0.25, 0.3) is 5.91 Å². The van der Waals surface area contributed by atoms with E-state index in [1.165, 1.54) is 18.3 Å². The maximum atomic E-state index is 12.7. The number of hydrogen-bond donors (Lipinski definition) is 0. The predicted octanol–water partition coefficient (Wildman–Crippen LogP) is 2.44. The number of alkyl halides is 3. The number of ether oxygens (including phenoxy) is 1. The highest BCUT2D eigenvalue weighted by Crippen LogP contribution is 2.24. The van der Waals surface area contributed by atoms with Crippen LogP contribution in [0, 0.1) is 5.92 Å². The van der Waals surface area contributed by atoms with Crippen LogP contribution in [0.2, 0.25) is 0 Å². The molecule has 0 spiro atoms. The van der Waals surface area contributed by atoms with Crippen LogP contribution in [-0.2, 0) is 0 Å². The van der Waals surface area contributed by atoms with E-state index in [0.717, 1.165) is 19.4 Å². The Morgan fingerprint density at radius 3 is 2.88 bits per heavy atom.